The zero-order valence-electron chi connectivity index (χ0n) is 9.91. The third-order valence-electron chi connectivity index (χ3n) is 2.40. The van der Waals surface area contributed by atoms with Crippen LogP contribution in [0, 0.1) is 0 Å². The Balaban J connectivity index is 2.08. The summed E-state index contributed by atoms with van der Waals surface area (Å²) in [6.45, 7) is 0. The second kappa shape index (κ2) is 4.66. The van der Waals surface area contributed by atoms with Crippen molar-refractivity contribution in [2.24, 2.45) is 5.11 Å². The molecule has 0 spiro atoms. The van der Waals surface area contributed by atoms with E-state index in [0.717, 1.165) is 4.52 Å². The largest absolute Gasteiger partial charge is 0.397 e. The molecule has 2 heterocycles. The van der Waals surface area contributed by atoms with Gasteiger partial charge in [-0.25, -0.2) is 0 Å². The maximum Gasteiger partial charge on any atom is 0.278 e. The Labute approximate surface area is 111 Å². The summed E-state index contributed by atoms with van der Waals surface area (Å²) in [5.41, 5.74) is 15.5. The lowest BCUT2D eigenvalue weighted by molar-refractivity contribution is 0.805. The average molecular weight is 269 g/mol. The highest BCUT2D eigenvalue weighted by Gasteiger charge is 2.09. The summed E-state index contributed by atoms with van der Waals surface area (Å²) in [5.74, 6) is 0.298. The van der Waals surface area contributed by atoms with Gasteiger partial charge >= 0.3 is 0 Å². The number of anilines is 3. The molecular formula is C9H7N11. The number of hydrogen-bond acceptors (Lipinski definition) is 8. The number of aromatic nitrogens is 6. The molecule has 0 fully saturated rings. The molecule has 0 saturated carbocycles. The van der Waals surface area contributed by atoms with Gasteiger partial charge in [0.1, 0.15) is 0 Å². The number of nitrogens with one attached hydrogen (secondary N) is 1. The lowest BCUT2D eigenvalue weighted by Crippen LogP contribution is -2.03. The molecule has 0 atom stereocenters. The van der Waals surface area contributed by atoms with Crippen LogP contribution in [0.25, 0.3) is 16.2 Å². The van der Waals surface area contributed by atoms with Crippen molar-refractivity contribution in [1.82, 2.24) is 30.0 Å². The molecule has 0 aliphatic rings. The normalized spacial score (nSPS) is 10.2. The van der Waals surface area contributed by atoms with Crippen molar-refractivity contribution >= 4 is 29.0 Å². The van der Waals surface area contributed by atoms with Gasteiger partial charge in [0.25, 0.3) is 5.78 Å². The fraction of sp³-hybridized carbons (Fsp3) is 0. The minimum atomic E-state index is -0.0282. The predicted molar refractivity (Wildman–Crippen MR) is 69.3 cm³/mol. The number of nitrogens with two attached hydrogens (primary N) is 1. The van der Waals surface area contributed by atoms with Crippen molar-refractivity contribution in [3.63, 3.8) is 0 Å². The topological polar surface area (TPSA) is 156 Å². The SMILES string of the molecule is [N-]=[N+]=Nc1nc(Nc2ccccc2N)nc2nnnn12. The van der Waals surface area contributed by atoms with E-state index in [-0.39, 0.29) is 17.7 Å². The minimum absolute atomic E-state index is 0.0282. The first-order valence-corrected chi connectivity index (χ1v) is 5.40. The van der Waals surface area contributed by atoms with Gasteiger partial charge < -0.3 is 11.1 Å². The number of tetrazole rings is 1. The third-order valence-corrected chi connectivity index (χ3v) is 2.40. The van der Waals surface area contributed by atoms with E-state index >= 15 is 0 Å². The Morgan fingerprint density at radius 1 is 1.30 bits per heavy atom. The van der Waals surface area contributed by atoms with Crippen LogP contribution in [-0.4, -0.2) is 30.0 Å². The molecule has 11 heteroatoms. The van der Waals surface area contributed by atoms with Crippen LogP contribution in [0.1, 0.15) is 0 Å². The van der Waals surface area contributed by atoms with Crippen LogP contribution in [0.2, 0.25) is 0 Å². The van der Waals surface area contributed by atoms with E-state index in [9.17, 15) is 0 Å². The highest BCUT2D eigenvalue weighted by Crippen LogP contribution is 2.21. The maximum absolute atomic E-state index is 8.52. The molecule has 3 rings (SSSR count). The van der Waals surface area contributed by atoms with Crippen LogP contribution >= 0.6 is 0 Å². The van der Waals surface area contributed by atoms with E-state index in [4.69, 9.17) is 11.3 Å². The number of azide groups is 1. The first-order valence-electron chi connectivity index (χ1n) is 5.40. The van der Waals surface area contributed by atoms with Crippen molar-refractivity contribution < 1.29 is 0 Å². The second-order valence-electron chi connectivity index (χ2n) is 3.64. The molecule has 98 valence electrons. The van der Waals surface area contributed by atoms with Crippen LogP contribution < -0.4 is 11.1 Å². The van der Waals surface area contributed by atoms with E-state index in [1.807, 2.05) is 6.07 Å². The lowest BCUT2D eigenvalue weighted by Gasteiger charge is -2.07. The molecule has 1 aromatic carbocycles. The van der Waals surface area contributed by atoms with Crippen LogP contribution in [0.5, 0.6) is 0 Å². The molecule has 0 amide bonds. The minimum Gasteiger partial charge on any atom is -0.397 e. The lowest BCUT2D eigenvalue weighted by atomic mass is 10.3. The van der Waals surface area contributed by atoms with E-state index in [0.29, 0.717) is 11.4 Å². The van der Waals surface area contributed by atoms with E-state index in [1.54, 1.807) is 18.2 Å². The fourth-order valence-electron chi connectivity index (χ4n) is 1.54. The van der Waals surface area contributed by atoms with Gasteiger partial charge in [-0.15, -0.1) is 0 Å². The smallest absolute Gasteiger partial charge is 0.278 e. The average Bonchev–Trinajstić information content (AvgIpc) is 2.90. The highest BCUT2D eigenvalue weighted by atomic mass is 15.6. The van der Waals surface area contributed by atoms with Gasteiger partial charge in [0.2, 0.25) is 11.9 Å². The monoisotopic (exact) mass is 269 g/mol. The Morgan fingerprint density at radius 2 is 2.15 bits per heavy atom. The van der Waals surface area contributed by atoms with Crippen molar-refractivity contribution in [2.45, 2.75) is 0 Å². The van der Waals surface area contributed by atoms with Crippen molar-refractivity contribution in [3.05, 3.63) is 34.7 Å². The summed E-state index contributed by atoms with van der Waals surface area (Å²) in [6, 6.07) is 7.11. The summed E-state index contributed by atoms with van der Waals surface area (Å²) in [6.07, 6.45) is 0. The summed E-state index contributed by atoms with van der Waals surface area (Å²) in [7, 11) is 0. The first-order chi connectivity index (χ1) is 9.78. The van der Waals surface area contributed by atoms with Gasteiger partial charge in [-0.1, -0.05) is 17.2 Å². The van der Waals surface area contributed by atoms with Crippen molar-refractivity contribution in [3.8, 4) is 0 Å². The summed E-state index contributed by atoms with van der Waals surface area (Å²) < 4.78 is 1.12. The van der Waals surface area contributed by atoms with Gasteiger partial charge in [-0.3, -0.25) is 0 Å². The summed E-state index contributed by atoms with van der Waals surface area (Å²) in [4.78, 5) is 10.8. The van der Waals surface area contributed by atoms with Crippen LogP contribution in [0.15, 0.2) is 29.4 Å². The van der Waals surface area contributed by atoms with Crippen LogP contribution in [0.4, 0.5) is 23.3 Å². The van der Waals surface area contributed by atoms with E-state index < -0.39 is 0 Å². The van der Waals surface area contributed by atoms with E-state index in [2.05, 4.69) is 40.8 Å². The third kappa shape index (κ3) is 2.00. The Morgan fingerprint density at radius 3 is 2.95 bits per heavy atom. The molecule has 0 saturated heterocycles. The highest BCUT2D eigenvalue weighted by molar-refractivity contribution is 5.70. The van der Waals surface area contributed by atoms with Gasteiger partial charge in [-0.2, -0.15) is 14.5 Å². The molecule has 0 bridgehead atoms. The number of fused-ring (bicyclic) bond motifs is 1. The standard InChI is InChI=1S/C9H7N11/c10-5-3-1-2-4-6(5)12-7-13-8(15-17-11)20-9(14-7)16-18-19-20/h1-4H,10H2,(H,12,14,16,19). The zero-order chi connectivity index (χ0) is 13.9. The molecular weight excluding hydrogens is 262 g/mol. The van der Waals surface area contributed by atoms with Crippen LogP contribution in [-0.2, 0) is 0 Å². The number of nitrogen functional groups attached to an aromatic ring is 1. The quantitative estimate of drug-likeness (QED) is 0.313. The number of hydrogen-bond donors (Lipinski definition) is 2. The number of benzene rings is 1. The molecule has 0 aliphatic heterocycles. The zero-order valence-corrected chi connectivity index (χ0v) is 9.91. The Bertz CT molecular complexity index is 816. The van der Waals surface area contributed by atoms with Gasteiger partial charge in [0.15, 0.2) is 0 Å². The molecule has 2 aromatic heterocycles. The van der Waals surface area contributed by atoms with Crippen molar-refractivity contribution in [2.75, 3.05) is 11.1 Å². The van der Waals surface area contributed by atoms with Crippen molar-refractivity contribution in [1.29, 1.82) is 0 Å². The fourth-order valence-corrected chi connectivity index (χ4v) is 1.54. The predicted octanol–water partition coefficient (Wildman–Crippen LogP) is 1.18. The number of rotatable bonds is 3. The second-order valence-corrected chi connectivity index (χ2v) is 3.64. The molecule has 11 nitrogen and oxygen atoms in total. The molecule has 20 heavy (non-hydrogen) atoms. The molecule has 0 aliphatic carbocycles. The van der Waals surface area contributed by atoms with Gasteiger partial charge in [0, 0.05) is 4.91 Å². The van der Waals surface area contributed by atoms with Gasteiger partial charge in [0.05, 0.1) is 11.4 Å². The number of nitrogens with zero attached hydrogens (tertiary/aromatic N) is 9. The molecule has 0 radical (unpaired) electrons. The Kier molecular flexibility index (Phi) is 2.71. The van der Waals surface area contributed by atoms with E-state index in [1.165, 1.54) is 0 Å². The molecule has 3 N–H and O–H groups in total. The van der Waals surface area contributed by atoms with Crippen LogP contribution in [0.3, 0.4) is 0 Å². The Hall–Kier alpha value is -3.46. The van der Waals surface area contributed by atoms with Gasteiger partial charge in [-0.05, 0) is 33.2 Å². The molecule has 0 unspecified atom stereocenters. The number of para-hydroxylation sites is 2. The first kappa shape index (κ1) is 11.6. The summed E-state index contributed by atoms with van der Waals surface area (Å²) in [5, 5.41) is 17.1. The summed E-state index contributed by atoms with van der Waals surface area (Å²) >= 11 is 0. The molecule has 3 aromatic rings. The maximum atomic E-state index is 8.52.